The molecule has 0 saturated heterocycles. The maximum absolute atomic E-state index is 10.9. The van der Waals surface area contributed by atoms with Crippen molar-refractivity contribution in [2.45, 2.75) is 20.3 Å². The minimum atomic E-state index is -0.883. The van der Waals surface area contributed by atoms with Gasteiger partial charge in [0.15, 0.2) is 0 Å². The number of rotatable bonds is 4. The van der Waals surface area contributed by atoms with Crippen molar-refractivity contribution in [3.8, 4) is 0 Å². The molecular formula is C11H13NO4. The molecule has 1 aromatic carbocycles. The molecule has 0 unspecified atom stereocenters. The number of benzene rings is 1. The molecule has 1 N–H and O–H groups in total. The molecule has 0 fully saturated rings. The zero-order chi connectivity index (χ0) is 12.3. The summed E-state index contributed by atoms with van der Waals surface area (Å²) in [7, 11) is 0. The lowest BCUT2D eigenvalue weighted by Crippen LogP contribution is -2.26. The molecule has 0 aliphatic heterocycles. The molecule has 1 aromatic rings. The molecule has 16 heavy (non-hydrogen) atoms. The van der Waals surface area contributed by atoms with Crippen LogP contribution in [0.1, 0.15) is 19.4 Å². The van der Waals surface area contributed by atoms with Crippen LogP contribution in [0.4, 0.5) is 5.69 Å². The van der Waals surface area contributed by atoms with Crippen LogP contribution in [-0.2, 0) is 11.2 Å². The lowest BCUT2D eigenvalue weighted by atomic mass is 9.86. The number of carbonyl (C=O) groups is 1. The molecule has 0 spiro atoms. The third kappa shape index (κ3) is 2.79. The second-order valence-corrected chi connectivity index (χ2v) is 4.29. The first-order valence-corrected chi connectivity index (χ1v) is 4.79. The summed E-state index contributed by atoms with van der Waals surface area (Å²) >= 11 is 0. The molecule has 0 aliphatic carbocycles. The monoisotopic (exact) mass is 223 g/mol. The van der Waals surface area contributed by atoms with E-state index in [1.54, 1.807) is 26.0 Å². The Balaban J connectivity index is 2.84. The first-order chi connectivity index (χ1) is 7.33. The number of non-ortho nitro benzene ring substituents is 1. The average Bonchev–Trinajstić information content (AvgIpc) is 2.17. The van der Waals surface area contributed by atoms with Crippen molar-refractivity contribution in [2.24, 2.45) is 5.41 Å². The van der Waals surface area contributed by atoms with Crippen LogP contribution in [0, 0.1) is 15.5 Å². The zero-order valence-electron chi connectivity index (χ0n) is 9.14. The van der Waals surface area contributed by atoms with Crippen molar-refractivity contribution in [3.05, 3.63) is 39.9 Å². The highest BCUT2D eigenvalue weighted by atomic mass is 16.6. The molecule has 86 valence electrons. The molecule has 0 atom stereocenters. The highest BCUT2D eigenvalue weighted by Crippen LogP contribution is 2.23. The van der Waals surface area contributed by atoms with E-state index in [0.29, 0.717) is 6.42 Å². The minimum Gasteiger partial charge on any atom is -0.481 e. The van der Waals surface area contributed by atoms with Gasteiger partial charge < -0.3 is 5.11 Å². The van der Waals surface area contributed by atoms with Gasteiger partial charge >= 0.3 is 5.97 Å². The van der Waals surface area contributed by atoms with Crippen LogP contribution in [-0.4, -0.2) is 16.0 Å². The summed E-state index contributed by atoms with van der Waals surface area (Å²) in [5.41, 5.74) is -0.0780. The molecular weight excluding hydrogens is 210 g/mol. The van der Waals surface area contributed by atoms with Crippen molar-refractivity contribution in [2.75, 3.05) is 0 Å². The molecule has 5 heteroatoms. The van der Waals surface area contributed by atoms with E-state index >= 15 is 0 Å². The first kappa shape index (κ1) is 12.2. The molecule has 0 amide bonds. The Morgan fingerprint density at radius 3 is 2.25 bits per heavy atom. The SMILES string of the molecule is CC(C)(Cc1ccc([N+](=O)[O-])cc1)C(=O)O. The third-order valence-corrected chi connectivity index (χ3v) is 2.37. The summed E-state index contributed by atoms with van der Waals surface area (Å²) in [6.07, 6.45) is 0.348. The van der Waals surface area contributed by atoms with Crippen LogP contribution >= 0.6 is 0 Å². The van der Waals surface area contributed by atoms with Crippen molar-refractivity contribution in [1.82, 2.24) is 0 Å². The maximum Gasteiger partial charge on any atom is 0.309 e. The van der Waals surface area contributed by atoms with Crippen LogP contribution < -0.4 is 0 Å². The van der Waals surface area contributed by atoms with E-state index in [-0.39, 0.29) is 5.69 Å². The normalized spacial score (nSPS) is 11.1. The molecule has 1 rings (SSSR count). The molecule has 0 saturated carbocycles. The fourth-order valence-corrected chi connectivity index (χ4v) is 1.32. The molecule has 0 aromatic heterocycles. The van der Waals surface area contributed by atoms with Gasteiger partial charge in [-0.3, -0.25) is 14.9 Å². The fraction of sp³-hybridized carbons (Fsp3) is 0.364. The first-order valence-electron chi connectivity index (χ1n) is 4.79. The Hall–Kier alpha value is -1.91. The standard InChI is InChI=1S/C11H13NO4/c1-11(2,10(13)14)7-8-3-5-9(6-4-8)12(15)16/h3-6H,7H2,1-2H3,(H,13,14). The van der Waals surface area contributed by atoms with Gasteiger partial charge in [0.1, 0.15) is 0 Å². The predicted molar refractivity (Wildman–Crippen MR) is 58.2 cm³/mol. The number of nitro benzene ring substituents is 1. The van der Waals surface area contributed by atoms with Crippen molar-refractivity contribution < 1.29 is 14.8 Å². The highest BCUT2D eigenvalue weighted by Gasteiger charge is 2.27. The second kappa shape index (κ2) is 4.30. The van der Waals surface area contributed by atoms with Crippen molar-refractivity contribution >= 4 is 11.7 Å². The van der Waals surface area contributed by atoms with Crippen LogP contribution in [0.2, 0.25) is 0 Å². The summed E-state index contributed by atoms with van der Waals surface area (Å²) in [6, 6.07) is 5.94. The van der Waals surface area contributed by atoms with Crippen LogP contribution in [0.3, 0.4) is 0 Å². The maximum atomic E-state index is 10.9. The second-order valence-electron chi connectivity index (χ2n) is 4.29. The fourth-order valence-electron chi connectivity index (χ4n) is 1.32. The molecule has 5 nitrogen and oxygen atoms in total. The summed E-state index contributed by atoms with van der Waals surface area (Å²) in [5.74, 6) is -0.883. The summed E-state index contributed by atoms with van der Waals surface area (Å²) in [4.78, 5) is 20.8. The zero-order valence-corrected chi connectivity index (χ0v) is 9.14. The Morgan fingerprint density at radius 1 is 1.38 bits per heavy atom. The number of aliphatic carboxylic acids is 1. The lowest BCUT2D eigenvalue weighted by Gasteiger charge is -2.18. The highest BCUT2D eigenvalue weighted by molar-refractivity contribution is 5.74. The lowest BCUT2D eigenvalue weighted by molar-refractivity contribution is -0.384. The van der Waals surface area contributed by atoms with Gasteiger partial charge in [-0.25, -0.2) is 0 Å². The number of nitrogens with zero attached hydrogens (tertiary/aromatic N) is 1. The summed E-state index contributed by atoms with van der Waals surface area (Å²) < 4.78 is 0. The Bertz CT molecular complexity index is 408. The molecule has 0 aliphatic rings. The smallest absolute Gasteiger partial charge is 0.309 e. The topological polar surface area (TPSA) is 80.4 Å². The van der Waals surface area contributed by atoms with E-state index in [9.17, 15) is 14.9 Å². The van der Waals surface area contributed by atoms with Gasteiger partial charge in [0, 0.05) is 12.1 Å². The van der Waals surface area contributed by atoms with E-state index in [4.69, 9.17) is 5.11 Å². The Morgan fingerprint density at radius 2 is 1.88 bits per heavy atom. The number of hydrogen-bond donors (Lipinski definition) is 1. The van der Waals surface area contributed by atoms with E-state index in [2.05, 4.69) is 0 Å². The van der Waals surface area contributed by atoms with E-state index in [1.165, 1.54) is 12.1 Å². The minimum absolute atomic E-state index is 0.0110. The van der Waals surface area contributed by atoms with Crippen LogP contribution in [0.15, 0.2) is 24.3 Å². The largest absolute Gasteiger partial charge is 0.481 e. The van der Waals surface area contributed by atoms with Gasteiger partial charge in [-0.15, -0.1) is 0 Å². The molecule has 0 bridgehead atoms. The van der Waals surface area contributed by atoms with E-state index in [1.807, 2.05) is 0 Å². The van der Waals surface area contributed by atoms with Gasteiger partial charge in [-0.2, -0.15) is 0 Å². The number of hydrogen-bond acceptors (Lipinski definition) is 3. The molecule has 0 radical (unpaired) electrons. The summed E-state index contributed by atoms with van der Waals surface area (Å²) in [6.45, 7) is 3.24. The van der Waals surface area contributed by atoms with Gasteiger partial charge in [0.25, 0.3) is 5.69 Å². The van der Waals surface area contributed by atoms with Gasteiger partial charge in [0.05, 0.1) is 10.3 Å². The quantitative estimate of drug-likeness (QED) is 0.627. The third-order valence-electron chi connectivity index (χ3n) is 2.37. The van der Waals surface area contributed by atoms with Gasteiger partial charge in [-0.1, -0.05) is 12.1 Å². The van der Waals surface area contributed by atoms with Crippen molar-refractivity contribution in [3.63, 3.8) is 0 Å². The Kier molecular flexibility index (Phi) is 3.27. The van der Waals surface area contributed by atoms with Gasteiger partial charge in [0.2, 0.25) is 0 Å². The van der Waals surface area contributed by atoms with E-state index in [0.717, 1.165) is 5.56 Å². The summed E-state index contributed by atoms with van der Waals surface area (Å²) in [5, 5.41) is 19.4. The number of carboxylic acid groups (broad SMARTS) is 1. The average molecular weight is 223 g/mol. The Labute approximate surface area is 92.9 Å². The van der Waals surface area contributed by atoms with Crippen LogP contribution in [0.25, 0.3) is 0 Å². The van der Waals surface area contributed by atoms with E-state index < -0.39 is 16.3 Å². The number of nitro groups is 1. The predicted octanol–water partition coefficient (Wildman–Crippen LogP) is 2.25. The molecule has 0 heterocycles. The number of carboxylic acids is 1. The van der Waals surface area contributed by atoms with Crippen LogP contribution in [0.5, 0.6) is 0 Å². The van der Waals surface area contributed by atoms with Crippen molar-refractivity contribution in [1.29, 1.82) is 0 Å². The van der Waals surface area contributed by atoms with Gasteiger partial charge in [-0.05, 0) is 25.8 Å².